The third kappa shape index (κ3) is 6.17. The van der Waals surface area contributed by atoms with Crippen molar-refractivity contribution in [3.8, 4) is 0 Å². The van der Waals surface area contributed by atoms with Gasteiger partial charge in [0.25, 0.3) is 6.04 Å². The molecule has 5 aliphatic carbocycles. The first-order chi connectivity index (χ1) is 25.7. The molecule has 0 bridgehead atoms. The Balaban J connectivity index is 1.11. The van der Waals surface area contributed by atoms with Crippen molar-refractivity contribution in [1.82, 2.24) is 0 Å². The van der Waals surface area contributed by atoms with E-state index in [1.54, 1.807) is 0 Å². The zero-order valence-corrected chi connectivity index (χ0v) is 35.1. The van der Waals surface area contributed by atoms with Gasteiger partial charge in [0.15, 0.2) is 18.6 Å². The van der Waals surface area contributed by atoms with Gasteiger partial charge in [-0.2, -0.15) is 4.57 Å². The second-order valence-electron chi connectivity index (χ2n) is 20.2. The minimum absolute atomic E-state index is 0.0376. The van der Waals surface area contributed by atoms with Crippen LogP contribution in [0.2, 0.25) is 0 Å². The minimum atomic E-state index is -0.292. The number of nitrogens with zero attached hydrogens (tertiary/aromatic N) is 2. The van der Waals surface area contributed by atoms with Gasteiger partial charge in [-0.15, -0.1) is 0 Å². The maximum absolute atomic E-state index is 13.8. The molecule has 5 fully saturated rings. The van der Waals surface area contributed by atoms with Crippen molar-refractivity contribution in [2.75, 3.05) is 13.2 Å². The molecular weight excluding hydrogens is 669 g/mol. The zero-order valence-electron chi connectivity index (χ0n) is 35.1. The molecule has 5 saturated carbocycles. The fourth-order valence-electron chi connectivity index (χ4n) is 14.7. The number of pyridine rings is 1. The highest BCUT2D eigenvalue weighted by atomic mass is 16.5. The normalized spacial score (nSPS) is 40.5. The Morgan fingerprint density at radius 1 is 0.815 bits per heavy atom. The molecule has 296 valence electrons. The number of fused-ring (bicyclic) bond motifs is 7. The van der Waals surface area contributed by atoms with Gasteiger partial charge in [-0.1, -0.05) is 72.8 Å². The summed E-state index contributed by atoms with van der Waals surface area (Å²) in [6, 6.07) is 5.47. The van der Waals surface area contributed by atoms with Crippen LogP contribution in [-0.4, -0.2) is 48.0 Å². The number of aromatic nitrogens is 1. The summed E-state index contributed by atoms with van der Waals surface area (Å²) < 4.78 is 17.2. The Labute approximate surface area is 327 Å². The lowest BCUT2D eigenvalue weighted by Crippen LogP contribution is -2.67. The SMILES string of the molecule is C=C(C)[C@@H]1CC[C@]2(COC(=O)C(CC)[N+]3=CC=CCC3)CC[C@]3(C)C(CCC4[C@@]5(C)CC[C@H](OC(=O)C(CC)[n+]6ccccc6)C(C)(C)C5CC[C@]43C)C12. The number of allylic oxidation sites excluding steroid dienone is 2. The van der Waals surface area contributed by atoms with Gasteiger partial charge in [-0.3, -0.25) is 0 Å². The Bertz CT molecular complexity index is 1650. The molecule has 6 heteroatoms. The fraction of sp³-hybridized carbons (Fsp3) is 0.750. The van der Waals surface area contributed by atoms with Crippen molar-refractivity contribution < 1.29 is 28.2 Å². The molecule has 1 aromatic rings. The lowest BCUT2D eigenvalue weighted by atomic mass is 9.32. The van der Waals surface area contributed by atoms with E-state index in [0.717, 1.165) is 45.1 Å². The quantitative estimate of drug-likeness (QED) is 0.136. The lowest BCUT2D eigenvalue weighted by molar-refractivity contribution is -0.711. The monoisotopic (exact) mass is 741 g/mol. The van der Waals surface area contributed by atoms with Gasteiger partial charge in [-0.05, 0) is 123 Å². The first-order valence-corrected chi connectivity index (χ1v) is 21.9. The van der Waals surface area contributed by atoms with Crippen molar-refractivity contribution in [2.24, 2.45) is 56.7 Å². The molecule has 54 heavy (non-hydrogen) atoms. The van der Waals surface area contributed by atoms with Crippen molar-refractivity contribution in [1.29, 1.82) is 0 Å². The summed E-state index contributed by atoms with van der Waals surface area (Å²) in [6.07, 6.45) is 24.3. The molecule has 6 aliphatic rings. The molecule has 12 atom stereocenters. The van der Waals surface area contributed by atoms with Crippen LogP contribution in [-0.2, 0) is 19.1 Å². The third-order valence-corrected chi connectivity index (χ3v) is 17.7. The Morgan fingerprint density at radius 3 is 2.22 bits per heavy atom. The molecule has 0 amide bonds. The molecular formula is C48H72N2O4+2. The van der Waals surface area contributed by atoms with E-state index in [9.17, 15) is 9.59 Å². The Hall–Kier alpha value is -2.76. The van der Waals surface area contributed by atoms with E-state index >= 15 is 0 Å². The van der Waals surface area contributed by atoms with Gasteiger partial charge < -0.3 is 9.47 Å². The molecule has 7 rings (SSSR count). The first-order valence-electron chi connectivity index (χ1n) is 21.9. The van der Waals surface area contributed by atoms with Gasteiger partial charge in [-0.25, -0.2) is 14.2 Å². The van der Waals surface area contributed by atoms with E-state index in [0.29, 0.717) is 42.6 Å². The molecule has 1 aliphatic heterocycles. The number of ether oxygens (including phenoxy) is 2. The average molecular weight is 741 g/mol. The summed E-state index contributed by atoms with van der Waals surface area (Å²) in [5.41, 5.74) is 1.92. The van der Waals surface area contributed by atoms with E-state index in [1.165, 1.54) is 44.1 Å². The molecule has 6 unspecified atom stereocenters. The highest BCUT2D eigenvalue weighted by molar-refractivity contribution is 5.76. The average Bonchev–Trinajstić information content (AvgIpc) is 3.54. The number of carbonyl (C=O) groups excluding carboxylic acids is 2. The molecule has 0 saturated heterocycles. The van der Waals surface area contributed by atoms with Crippen LogP contribution in [0.4, 0.5) is 0 Å². The summed E-state index contributed by atoms with van der Waals surface area (Å²) in [5.74, 6) is 2.62. The van der Waals surface area contributed by atoms with Crippen LogP contribution >= 0.6 is 0 Å². The van der Waals surface area contributed by atoms with E-state index < -0.39 is 0 Å². The van der Waals surface area contributed by atoms with Crippen LogP contribution in [0.5, 0.6) is 0 Å². The summed E-state index contributed by atoms with van der Waals surface area (Å²) in [7, 11) is 0. The highest BCUT2D eigenvalue weighted by Gasteiger charge is 2.71. The van der Waals surface area contributed by atoms with Crippen molar-refractivity contribution in [3.05, 3.63) is 54.9 Å². The molecule has 0 N–H and O–H groups in total. The third-order valence-electron chi connectivity index (χ3n) is 17.7. The van der Waals surface area contributed by atoms with E-state index in [2.05, 4.69) is 84.9 Å². The molecule has 2 heterocycles. The Morgan fingerprint density at radius 2 is 1.56 bits per heavy atom. The van der Waals surface area contributed by atoms with Crippen LogP contribution in [0.15, 0.2) is 54.9 Å². The number of carbonyl (C=O) groups is 2. The van der Waals surface area contributed by atoms with Crippen molar-refractivity contribution >= 4 is 18.2 Å². The van der Waals surface area contributed by atoms with Crippen molar-refractivity contribution in [2.45, 2.75) is 157 Å². The second-order valence-corrected chi connectivity index (χ2v) is 20.2. The lowest BCUT2D eigenvalue weighted by Gasteiger charge is -2.73. The van der Waals surface area contributed by atoms with Crippen LogP contribution in [0.3, 0.4) is 0 Å². The van der Waals surface area contributed by atoms with E-state index in [4.69, 9.17) is 9.47 Å². The van der Waals surface area contributed by atoms with Gasteiger partial charge in [0.1, 0.15) is 12.6 Å². The van der Waals surface area contributed by atoms with Crippen molar-refractivity contribution in [3.63, 3.8) is 0 Å². The molecule has 0 spiro atoms. The zero-order chi connectivity index (χ0) is 38.7. The number of rotatable bonds is 10. The van der Waals surface area contributed by atoms with E-state index in [1.807, 2.05) is 35.2 Å². The molecule has 0 aromatic carbocycles. The summed E-state index contributed by atoms with van der Waals surface area (Å²) in [5, 5.41) is 0. The molecule has 6 nitrogen and oxygen atoms in total. The second kappa shape index (κ2) is 14.6. The summed E-state index contributed by atoms with van der Waals surface area (Å²) >= 11 is 0. The smallest absolute Gasteiger partial charge is 0.376 e. The number of hydrogen-bond donors (Lipinski definition) is 0. The van der Waals surface area contributed by atoms with Gasteiger partial charge in [0.2, 0.25) is 6.04 Å². The van der Waals surface area contributed by atoms with Crippen LogP contribution < -0.4 is 4.57 Å². The largest absolute Gasteiger partial charge is 0.460 e. The first kappa shape index (κ1) is 39.5. The summed E-state index contributed by atoms with van der Waals surface area (Å²) in [4.78, 5) is 27.5. The van der Waals surface area contributed by atoms with Gasteiger partial charge in [0.05, 0.1) is 6.61 Å². The maximum Gasteiger partial charge on any atom is 0.376 e. The predicted molar refractivity (Wildman–Crippen MR) is 215 cm³/mol. The van der Waals surface area contributed by atoms with Crippen LogP contribution in [0.25, 0.3) is 0 Å². The summed E-state index contributed by atoms with van der Waals surface area (Å²) in [6.45, 7) is 25.3. The number of hydrogen-bond acceptors (Lipinski definition) is 4. The predicted octanol–water partition coefficient (Wildman–Crippen LogP) is 9.86. The standard InChI is InChI=1S/C48H72N2O4/c1-10-36(49-28-14-12-15-29-49)42(51)53-32-48-25-20-34(33(3)4)41(48)35-18-19-39-45(7)23-22-40(54-43(52)37(11-2)50-30-16-13-17-31-50)44(5,6)38(45)21-24-47(39,9)46(35,8)26-27-48/h12-14,16-17,28,30-31,34-41H,3,10-11,15,18-27,29,32H2,1-2,4-9H3/q+2/t34-,35?,36?,37?,38?,39?,40-,41?,45-,46+,47+,48+/m0/s1. The highest BCUT2D eigenvalue weighted by Crippen LogP contribution is 2.77. The van der Waals surface area contributed by atoms with Gasteiger partial charge >= 0.3 is 11.9 Å². The maximum atomic E-state index is 13.8. The fourth-order valence-corrected chi connectivity index (χ4v) is 14.7. The topological polar surface area (TPSA) is 59.5 Å². The van der Waals surface area contributed by atoms with Crippen LogP contribution in [0.1, 0.15) is 145 Å². The van der Waals surface area contributed by atoms with Crippen LogP contribution in [0, 0.1) is 56.7 Å². The van der Waals surface area contributed by atoms with E-state index in [-0.39, 0.29) is 57.2 Å². The molecule has 1 aromatic heterocycles. The molecule has 0 radical (unpaired) electrons. The number of esters is 2. The Kier molecular flexibility index (Phi) is 10.7. The minimum Gasteiger partial charge on any atom is -0.460 e. The van der Waals surface area contributed by atoms with Gasteiger partial charge in [0, 0.05) is 42.2 Å².